The van der Waals surface area contributed by atoms with Gasteiger partial charge in [-0.25, -0.2) is 15.0 Å². The van der Waals surface area contributed by atoms with Gasteiger partial charge in [-0.1, -0.05) is 18.6 Å². The molecule has 1 aliphatic heterocycles. The van der Waals surface area contributed by atoms with Crippen molar-refractivity contribution in [2.45, 2.75) is 19.3 Å². The van der Waals surface area contributed by atoms with E-state index in [-0.39, 0.29) is 0 Å². The van der Waals surface area contributed by atoms with Crippen LogP contribution in [0.15, 0.2) is 36.8 Å². The molecule has 0 radical (unpaired) electrons. The largest absolute Gasteiger partial charge is 0.373 e. The van der Waals surface area contributed by atoms with E-state index in [1.54, 1.807) is 6.20 Å². The maximum absolute atomic E-state index is 4.57. The van der Waals surface area contributed by atoms with Gasteiger partial charge in [-0.05, 0) is 38.1 Å². The topological polar surface area (TPSA) is 60.9 Å². The Bertz CT molecular complexity index is 804. The molecule has 0 saturated carbocycles. The van der Waals surface area contributed by atoms with Crippen LogP contribution >= 0.6 is 0 Å². The fourth-order valence-corrected chi connectivity index (χ4v) is 3.39. The molecule has 6 heteroatoms. The van der Waals surface area contributed by atoms with E-state index in [4.69, 9.17) is 0 Å². The van der Waals surface area contributed by atoms with Crippen LogP contribution < -0.4 is 4.90 Å². The second kappa shape index (κ2) is 7.19. The van der Waals surface area contributed by atoms with Crippen molar-refractivity contribution in [1.29, 1.82) is 0 Å². The van der Waals surface area contributed by atoms with Gasteiger partial charge in [0.05, 0.1) is 6.20 Å². The standard InChI is InChI=1S/C19H24N6/c1-24(10-11-25-8-3-2-4-9-25)16-7-5-6-15(12-16)18-22-17-13-20-14-21-19(17)23-18/h5-7,12-14H,2-4,8-11H2,1H3,(H,20,21,22,23). The first-order valence-electron chi connectivity index (χ1n) is 8.99. The van der Waals surface area contributed by atoms with Gasteiger partial charge in [0.15, 0.2) is 5.65 Å². The Morgan fingerprint density at radius 3 is 2.92 bits per heavy atom. The normalized spacial score (nSPS) is 15.6. The molecule has 0 bridgehead atoms. The number of piperidine rings is 1. The fraction of sp³-hybridized carbons (Fsp3) is 0.421. The Balaban J connectivity index is 1.48. The third-order valence-electron chi connectivity index (χ3n) is 4.92. The molecule has 1 fully saturated rings. The van der Waals surface area contributed by atoms with Crippen LogP contribution in [-0.2, 0) is 0 Å². The minimum absolute atomic E-state index is 0.703. The number of fused-ring (bicyclic) bond motifs is 1. The summed E-state index contributed by atoms with van der Waals surface area (Å²) in [4.78, 5) is 21.0. The van der Waals surface area contributed by atoms with Crippen LogP contribution in [0.2, 0.25) is 0 Å². The highest BCUT2D eigenvalue weighted by Crippen LogP contribution is 2.23. The molecule has 130 valence electrons. The predicted molar refractivity (Wildman–Crippen MR) is 101 cm³/mol. The van der Waals surface area contributed by atoms with Gasteiger partial charge >= 0.3 is 0 Å². The first-order valence-corrected chi connectivity index (χ1v) is 8.99. The van der Waals surface area contributed by atoms with Crippen LogP contribution in [-0.4, -0.2) is 58.1 Å². The van der Waals surface area contributed by atoms with Crippen molar-refractivity contribution in [1.82, 2.24) is 24.8 Å². The number of aromatic nitrogens is 4. The van der Waals surface area contributed by atoms with Crippen LogP contribution in [0.25, 0.3) is 22.6 Å². The van der Waals surface area contributed by atoms with E-state index >= 15 is 0 Å². The molecule has 3 heterocycles. The molecule has 0 spiro atoms. The third kappa shape index (κ3) is 3.64. The number of imidazole rings is 1. The lowest BCUT2D eigenvalue weighted by molar-refractivity contribution is 0.234. The molecule has 1 aromatic carbocycles. The maximum Gasteiger partial charge on any atom is 0.181 e. The Kier molecular flexibility index (Phi) is 4.61. The summed E-state index contributed by atoms with van der Waals surface area (Å²) in [6.07, 6.45) is 7.35. The van der Waals surface area contributed by atoms with E-state index in [9.17, 15) is 0 Å². The number of likely N-dealkylation sites (N-methyl/N-ethyl adjacent to an activating group) is 1. The zero-order chi connectivity index (χ0) is 17.1. The van der Waals surface area contributed by atoms with Crippen molar-refractivity contribution in [3.05, 3.63) is 36.8 Å². The SMILES string of the molecule is CN(CCN1CCCCC1)c1cccc(-c2nc3ncncc3[nH]2)c1. The van der Waals surface area contributed by atoms with Crippen LogP contribution in [0, 0.1) is 0 Å². The highest BCUT2D eigenvalue weighted by molar-refractivity contribution is 5.75. The third-order valence-corrected chi connectivity index (χ3v) is 4.92. The van der Waals surface area contributed by atoms with Crippen molar-refractivity contribution in [2.24, 2.45) is 0 Å². The van der Waals surface area contributed by atoms with E-state index in [1.165, 1.54) is 44.4 Å². The Hall–Kier alpha value is -2.47. The highest BCUT2D eigenvalue weighted by Gasteiger charge is 2.12. The summed E-state index contributed by atoms with van der Waals surface area (Å²) in [5.74, 6) is 0.835. The lowest BCUT2D eigenvalue weighted by Crippen LogP contribution is -2.36. The van der Waals surface area contributed by atoms with Gasteiger partial charge in [-0.2, -0.15) is 0 Å². The Morgan fingerprint density at radius 2 is 2.08 bits per heavy atom. The van der Waals surface area contributed by atoms with Crippen LogP contribution in [0.5, 0.6) is 0 Å². The van der Waals surface area contributed by atoms with Crippen LogP contribution in [0.3, 0.4) is 0 Å². The van der Waals surface area contributed by atoms with E-state index in [0.717, 1.165) is 30.0 Å². The number of benzene rings is 1. The van der Waals surface area contributed by atoms with Crippen molar-refractivity contribution in [3.63, 3.8) is 0 Å². The minimum atomic E-state index is 0.703. The van der Waals surface area contributed by atoms with Gasteiger partial charge in [-0.15, -0.1) is 0 Å². The van der Waals surface area contributed by atoms with Gasteiger partial charge < -0.3 is 14.8 Å². The van der Waals surface area contributed by atoms with Crippen molar-refractivity contribution in [3.8, 4) is 11.4 Å². The molecule has 3 aromatic rings. The van der Waals surface area contributed by atoms with Crippen molar-refractivity contribution < 1.29 is 0 Å². The smallest absolute Gasteiger partial charge is 0.181 e. The van der Waals surface area contributed by atoms with Gasteiger partial charge in [0.1, 0.15) is 17.7 Å². The number of H-pyrrole nitrogens is 1. The van der Waals surface area contributed by atoms with Gasteiger partial charge in [0.25, 0.3) is 0 Å². The quantitative estimate of drug-likeness (QED) is 0.776. The van der Waals surface area contributed by atoms with E-state index < -0.39 is 0 Å². The summed E-state index contributed by atoms with van der Waals surface area (Å²) in [5.41, 5.74) is 3.84. The number of hydrogen-bond donors (Lipinski definition) is 1. The van der Waals surface area contributed by atoms with Gasteiger partial charge in [0, 0.05) is 31.4 Å². The maximum atomic E-state index is 4.57. The monoisotopic (exact) mass is 336 g/mol. The fourth-order valence-electron chi connectivity index (χ4n) is 3.39. The molecular weight excluding hydrogens is 312 g/mol. The number of nitrogens with one attached hydrogen (secondary N) is 1. The minimum Gasteiger partial charge on any atom is -0.373 e. The molecule has 1 saturated heterocycles. The molecule has 1 aliphatic rings. The molecule has 0 unspecified atom stereocenters. The number of likely N-dealkylation sites (tertiary alicyclic amines) is 1. The van der Waals surface area contributed by atoms with Crippen LogP contribution in [0.4, 0.5) is 5.69 Å². The lowest BCUT2D eigenvalue weighted by atomic mass is 10.1. The molecule has 1 N–H and O–H groups in total. The number of nitrogens with zero attached hydrogens (tertiary/aromatic N) is 5. The predicted octanol–water partition coefficient (Wildman–Crippen LogP) is 2.94. The number of rotatable bonds is 5. The summed E-state index contributed by atoms with van der Waals surface area (Å²) < 4.78 is 0. The first-order chi connectivity index (χ1) is 12.3. The molecule has 2 aromatic heterocycles. The summed E-state index contributed by atoms with van der Waals surface area (Å²) in [5, 5.41) is 0. The molecule has 6 nitrogen and oxygen atoms in total. The summed E-state index contributed by atoms with van der Waals surface area (Å²) in [6.45, 7) is 4.65. The van der Waals surface area contributed by atoms with E-state index in [2.05, 4.69) is 61.0 Å². The Labute approximate surface area is 147 Å². The number of aromatic amines is 1. The van der Waals surface area contributed by atoms with E-state index in [1.807, 2.05) is 0 Å². The van der Waals surface area contributed by atoms with Gasteiger partial charge in [0.2, 0.25) is 0 Å². The second-order valence-electron chi connectivity index (χ2n) is 6.72. The zero-order valence-corrected chi connectivity index (χ0v) is 14.6. The Morgan fingerprint density at radius 1 is 1.20 bits per heavy atom. The summed E-state index contributed by atoms with van der Waals surface area (Å²) in [7, 11) is 2.16. The average Bonchev–Trinajstić information content (AvgIpc) is 3.11. The second-order valence-corrected chi connectivity index (χ2v) is 6.72. The molecule has 0 aliphatic carbocycles. The number of hydrogen-bond acceptors (Lipinski definition) is 5. The summed E-state index contributed by atoms with van der Waals surface area (Å²) >= 11 is 0. The molecular formula is C19H24N6. The lowest BCUT2D eigenvalue weighted by Gasteiger charge is -2.29. The molecule has 0 atom stereocenters. The molecule has 0 amide bonds. The number of anilines is 1. The summed E-state index contributed by atoms with van der Waals surface area (Å²) in [6, 6.07) is 8.50. The first kappa shape index (κ1) is 16.0. The van der Waals surface area contributed by atoms with Crippen LogP contribution in [0.1, 0.15) is 19.3 Å². The highest BCUT2D eigenvalue weighted by atomic mass is 15.2. The molecule has 25 heavy (non-hydrogen) atoms. The molecule has 4 rings (SSSR count). The average molecular weight is 336 g/mol. The van der Waals surface area contributed by atoms with Crippen molar-refractivity contribution >= 4 is 16.9 Å². The zero-order valence-electron chi connectivity index (χ0n) is 14.6. The van der Waals surface area contributed by atoms with E-state index in [0.29, 0.717) is 5.65 Å². The van der Waals surface area contributed by atoms with Crippen molar-refractivity contribution in [2.75, 3.05) is 38.1 Å². The van der Waals surface area contributed by atoms with Gasteiger partial charge in [-0.3, -0.25) is 0 Å².